The van der Waals surface area contributed by atoms with E-state index in [1.807, 2.05) is 25.1 Å². The molecule has 0 saturated heterocycles. The quantitative estimate of drug-likeness (QED) is 0.836. The first-order valence-corrected chi connectivity index (χ1v) is 5.22. The number of nitrogens with one attached hydrogen (secondary N) is 2. The van der Waals surface area contributed by atoms with Crippen molar-refractivity contribution in [3.05, 3.63) is 29.3 Å². The van der Waals surface area contributed by atoms with Crippen molar-refractivity contribution in [2.75, 3.05) is 20.7 Å². The first kappa shape index (κ1) is 15.7. The molecule has 2 N–H and O–H groups in total. The highest BCUT2D eigenvalue weighted by atomic mass is 35.5. The van der Waals surface area contributed by atoms with E-state index in [1.165, 1.54) is 0 Å². The van der Waals surface area contributed by atoms with Gasteiger partial charge < -0.3 is 15.4 Å². The summed E-state index contributed by atoms with van der Waals surface area (Å²) in [4.78, 5) is 11.2. The number of amides is 1. The highest BCUT2D eigenvalue weighted by molar-refractivity contribution is 5.85. The van der Waals surface area contributed by atoms with Crippen LogP contribution in [0.5, 0.6) is 5.75 Å². The number of ether oxygens (including phenoxy) is 1. The molecular weight excluding hydrogens is 240 g/mol. The van der Waals surface area contributed by atoms with Crippen molar-refractivity contribution in [3.8, 4) is 5.75 Å². The second-order valence-electron chi connectivity index (χ2n) is 3.61. The zero-order valence-corrected chi connectivity index (χ0v) is 11.2. The van der Waals surface area contributed by atoms with Gasteiger partial charge in [0, 0.05) is 6.54 Å². The molecule has 0 atom stereocenters. The van der Waals surface area contributed by atoms with Crippen LogP contribution < -0.4 is 15.4 Å². The number of likely N-dealkylation sites (N-methyl/N-ethyl adjacent to an activating group) is 1. The molecule has 1 aromatic rings. The van der Waals surface area contributed by atoms with E-state index in [1.54, 1.807) is 14.2 Å². The monoisotopic (exact) mass is 258 g/mol. The largest absolute Gasteiger partial charge is 0.496 e. The molecule has 4 nitrogen and oxygen atoms in total. The third-order valence-electron chi connectivity index (χ3n) is 2.30. The molecule has 0 aliphatic heterocycles. The molecule has 0 heterocycles. The minimum absolute atomic E-state index is 0. The Labute approximate surface area is 108 Å². The van der Waals surface area contributed by atoms with Crippen molar-refractivity contribution < 1.29 is 9.53 Å². The minimum atomic E-state index is -0.0120. The number of benzene rings is 1. The molecule has 1 amide bonds. The Morgan fingerprint density at radius 2 is 2.12 bits per heavy atom. The second kappa shape index (κ2) is 7.92. The van der Waals surface area contributed by atoms with E-state index in [4.69, 9.17) is 4.74 Å². The molecular formula is C12H19ClN2O2. The van der Waals surface area contributed by atoms with Gasteiger partial charge in [-0.25, -0.2) is 0 Å². The zero-order valence-electron chi connectivity index (χ0n) is 10.4. The van der Waals surface area contributed by atoms with Crippen LogP contribution in [0.25, 0.3) is 0 Å². The van der Waals surface area contributed by atoms with Gasteiger partial charge in [0.15, 0.2) is 0 Å². The maximum absolute atomic E-state index is 11.2. The van der Waals surface area contributed by atoms with E-state index in [0.717, 1.165) is 16.9 Å². The van der Waals surface area contributed by atoms with Gasteiger partial charge in [0.2, 0.25) is 5.91 Å². The van der Waals surface area contributed by atoms with Gasteiger partial charge in [-0.15, -0.1) is 12.4 Å². The zero-order chi connectivity index (χ0) is 12.0. The predicted molar refractivity (Wildman–Crippen MR) is 70.8 cm³/mol. The van der Waals surface area contributed by atoms with Gasteiger partial charge in [-0.1, -0.05) is 12.1 Å². The molecule has 1 rings (SSSR count). The lowest BCUT2D eigenvalue weighted by Crippen LogP contribution is -2.31. The van der Waals surface area contributed by atoms with E-state index in [2.05, 4.69) is 10.6 Å². The Balaban J connectivity index is 0.00000256. The summed E-state index contributed by atoms with van der Waals surface area (Å²) in [6, 6.07) is 5.91. The summed E-state index contributed by atoms with van der Waals surface area (Å²) in [5, 5.41) is 5.61. The Morgan fingerprint density at radius 3 is 2.71 bits per heavy atom. The molecule has 0 bridgehead atoms. The topological polar surface area (TPSA) is 50.4 Å². The van der Waals surface area contributed by atoms with Crippen LogP contribution in [-0.4, -0.2) is 26.6 Å². The molecule has 0 aliphatic carbocycles. The molecule has 5 heteroatoms. The van der Waals surface area contributed by atoms with Crippen LogP contribution in [0.15, 0.2) is 18.2 Å². The van der Waals surface area contributed by atoms with Gasteiger partial charge in [0.05, 0.1) is 13.7 Å². The predicted octanol–water partition coefficient (Wildman–Crippen LogP) is 1.26. The number of hydrogen-bond acceptors (Lipinski definition) is 3. The van der Waals surface area contributed by atoms with Gasteiger partial charge in [0.25, 0.3) is 0 Å². The summed E-state index contributed by atoms with van der Waals surface area (Å²) in [5.41, 5.74) is 2.12. The lowest BCUT2D eigenvalue weighted by Gasteiger charge is -2.08. The second-order valence-corrected chi connectivity index (χ2v) is 3.61. The fourth-order valence-electron chi connectivity index (χ4n) is 1.40. The number of carbonyl (C=O) groups is 1. The highest BCUT2D eigenvalue weighted by Crippen LogP contribution is 2.18. The normalized spacial score (nSPS) is 9.35. The van der Waals surface area contributed by atoms with Crippen LogP contribution in [0.2, 0.25) is 0 Å². The number of rotatable bonds is 5. The summed E-state index contributed by atoms with van der Waals surface area (Å²) < 4.78 is 5.21. The van der Waals surface area contributed by atoms with Crippen molar-refractivity contribution in [2.45, 2.75) is 13.5 Å². The lowest BCUT2D eigenvalue weighted by atomic mass is 10.1. The molecule has 1 aromatic carbocycles. The van der Waals surface area contributed by atoms with E-state index in [-0.39, 0.29) is 18.3 Å². The summed E-state index contributed by atoms with van der Waals surface area (Å²) in [7, 11) is 3.39. The smallest absolute Gasteiger partial charge is 0.234 e. The number of aryl methyl sites for hydroxylation is 1. The molecule has 0 aliphatic rings. The van der Waals surface area contributed by atoms with Crippen molar-refractivity contribution in [1.29, 1.82) is 0 Å². The molecule has 0 spiro atoms. The first-order chi connectivity index (χ1) is 7.67. The van der Waals surface area contributed by atoms with Crippen LogP contribution in [-0.2, 0) is 11.3 Å². The van der Waals surface area contributed by atoms with Crippen molar-refractivity contribution in [2.24, 2.45) is 0 Å². The van der Waals surface area contributed by atoms with Crippen LogP contribution in [0.3, 0.4) is 0 Å². The van der Waals surface area contributed by atoms with E-state index >= 15 is 0 Å². The molecule has 0 aromatic heterocycles. The third-order valence-corrected chi connectivity index (χ3v) is 2.30. The van der Waals surface area contributed by atoms with Crippen LogP contribution >= 0.6 is 12.4 Å². The van der Waals surface area contributed by atoms with E-state index in [0.29, 0.717) is 13.1 Å². The lowest BCUT2D eigenvalue weighted by molar-refractivity contribution is -0.120. The number of halogens is 1. The Bertz CT molecular complexity index is 370. The van der Waals surface area contributed by atoms with Gasteiger partial charge in [-0.2, -0.15) is 0 Å². The van der Waals surface area contributed by atoms with Crippen LogP contribution in [0.1, 0.15) is 11.1 Å². The Hall–Kier alpha value is -1.26. The fourth-order valence-corrected chi connectivity index (χ4v) is 1.40. The molecule has 0 saturated carbocycles. The first-order valence-electron chi connectivity index (χ1n) is 5.22. The minimum Gasteiger partial charge on any atom is -0.496 e. The number of carbonyl (C=O) groups excluding carboxylic acids is 1. The average Bonchev–Trinajstić information content (AvgIpc) is 2.28. The van der Waals surface area contributed by atoms with Gasteiger partial charge in [-0.3, -0.25) is 4.79 Å². The summed E-state index contributed by atoms with van der Waals surface area (Å²) in [6.45, 7) is 2.85. The van der Waals surface area contributed by atoms with Crippen molar-refractivity contribution in [1.82, 2.24) is 10.6 Å². The Morgan fingerprint density at radius 1 is 1.41 bits per heavy atom. The van der Waals surface area contributed by atoms with Gasteiger partial charge in [0.1, 0.15) is 5.75 Å². The van der Waals surface area contributed by atoms with Crippen molar-refractivity contribution >= 4 is 18.3 Å². The molecule has 0 fully saturated rings. The van der Waals surface area contributed by atoms with E-state index < -0.39 is 0 Å². The summed E-state index contributed by atoms with van der Waals surface area (Å²) >= 11 is 0. The molecule has 17 heavy (non-hydrogen) atoms. The maximum atomic E-state index is 11.2. The van der Waals surface area contributed by atoms with Crippen LogP contribution in [0.4, 0.5) is 0 Å². The van der Waals surface area contributed by atoms with Gasteiger partial charge >= 0.3 is 0 Å². The average molecular weight is 259 g/mol. The maximum Gasteiger partial charge on any atom is 0.234 e. The molecule has 96 valence electrons. The third kappa shape index (κ3) is 5.06. The molecule has 0 unspecified atom stereocenters. The van der Waals surface area contributed by atoms with Crippen molar-refractivity contribution in [3.63, 3.8) is 0 Å². The van der Waals surface area contributed by atoms with Crippen LogP contribution in [0, 0.1) is 6.92 Å². The SMILES string of the molecule is CNCC(=O)NCc1ccc(C)c(OC)c1.Cl. The fraction of sp³-hybridized carbons (Fsp3) is 0.417. The number of methoxy groups -OCH3 is 1. The Kier molecular flexibility index (Phi) is 7.34. The highest BCUT2D eigenvalue weighted by Gasteiger charge is 2.02. The number of hydrogen-bond donors (Lipinski definition) is 2. The summed E-state index contributed by atoms with van der Waals surface area (Å²) in [5.74, 6) is 0.836. The standard InChI is InChI=1S/C12H18N2O2.ClH/c1-9-4-5-10(6-11(9)16-3)7-14-12(15)8-13-2;/h4-6,13H,7-8H2,1-3H3,(H,14,15);1H. The molecule has 0 radical (unpaired) electrons. The summed E-state index contributed by atoms with van der Waals surface area (Å²) in [6.07, 6.45) is 0. The van der Waals surface area contributed by atoms with Gasteiger partial charge in [-0.05, 0) is 31.2 Å². The van der Waals surface area contributed by atoms with E-state index in [9.17, 15) is 4.79 Å².